The third-order valence-electron chi connectivity index (χ3n) is 4.89. The summed E-state index contributed by atoms with van der Waals surface area (Å²) in [5.74, 6) is 0.916. The van der Waals surface area contributed by atoms with E-state index in [2.05, 4.69) is 23.2 Å². The second kappa shape index (κ2) is 8.88. The van der Waals surface area contributed by atoms with Crippen LogP contribution in [0.2, 0.25) is 5.02 Å². The number of piperidine rings is 1. The van der Waals surface area contributed by atoms with Crippen molar-refractivity contribution in [2.45, 2.75) is 38.8 Å². The van der Waals surface area contributed by atoms with Gasteiger partial charge >= 0.3 is 0 Å². The van der Waals surface area contributed by atoms with Gasteiger partial charge in [-0.15, -0.1) is 0 Å². The molecule has 1 aromatic rings. The van der Waals surface area contributed by atoms with Crippen LogP contribution >= 0.6 is 11.6 Å². The fourth-order valence-electron chi connectivity index (χ4n) is 3.31. The number of halogens is 1. The Bertz CT molecular complexity index is 575. The van der Waals surface area contributed by atoms with Gasteiger partial charge in [0.25, 0.3) is 0 Å². The minimum absolute atomic E-state index is 0.170. The van der Waals surface area contributed by atoms with E-state index in [-0.39, 0.29) is 11.9 Å². The Labute approximate surface area is 156 Å². The molecular weight excluding hydrogens is 338 g/mol. The Hall–Kier alpha value is -1.30. The number of nitrogens with zero attached hydrogens (tertiary/aromatic N) is 2. The molecule has 0 aromatic heterocycles. The van der Waals surface area contributed by atoms with Crippen LogP contribution in [-0.2, 0) is 4.79 Å². The summed E-state index contributed by atoms with van der Waals surface area (Å²) in [5.41, 5.74) is 2.23. The highest BCUT2D eigenvalue weighted by Crippen LogP contribution is 2.32. The summed E-state index contributed by atoms with van der Waals surface area (Å²) >= 11 is 6.32. The number of likely N-dealkylation sites (tertiary alicyclic amines) is 1. The number of benzene rings is 1. The maximum Gasteiger partial charge on any atom is 0.236 e. The van der Waals surface area contributed by atoms with Crippen LogP contribution in [0.1, 0.15) is 36.9 Å². The van der Waals surface area contributed by atoms with Gasteiger partial charge in [0, 0.05) is 39.3 Å². The average molecular weight is 368 g/mol. The second-order valence-corrected chi connectivity index (χ2v) is 7.49. The molecule has 1 unspecified atom stereocenters. The zero-order valence-corrected chi connectivity index (χ0v) is 16.7. The van der Waals surface area contributed by atoms with Gasteiger partial charge in [0.05, 0.1) is 18.7 Å². The van der Waals surface area contributed by atoms with Crippen LogP contribution in [-0.4, -0.2) is 62.6 Å². The molecule has 0 aliphatic carbocycles. The van der Waals surface area contributed by atoms with Crippen LogP contribution in [0.4, 0.5) is 0 Å². The fraction of sp³-hybridized carbons (Fsp3) is 0.632. The number of hydrogen-bond donors (Lipinski definition) is 1. The Morgan fingerprint density at radius 1 is 1.40 bits per heavy atom. The smallest absolute Gasteiger partial charge is 0.236 e. The number of rotatable bonds is 6. The Morgan fingerprint density at radius 2 is 2.04 bits per heavy atom. The van der Waals surface area contributed by atoms with Crippen molar-refractivity contribution in [3.05, 3.63) is 28.3 Å². The Kier molecular flexibility index (Phi) is 7.11. The van der Waals surface area contributed by atoms with E-state index in [0.29, 0.717) is 17.6 Å². The molecule has 140 valence electrons. The van der Waals surface area contributed by atoms with Gasteiger partial charge in [0.2, 0.25) is 5.91 Å². The molecule has 0 radical (unpaired) electrons. The highest BCUT2D eigenvalue weighted by molar-refractivity contribution is 6.32. The van der Waals surface area contributed by atoms with Gasteiger partial charge in [-0.2, -0.15) is 0 Å². The van der Waals surface area contributed by atoms with E-state index in [4.69, 9.17) is 16.3 Å². The van der Waals surface area contributed by atoms with E-state index in [1.165, 1.54) is 5.56 Å². The van der Waals surface area contributed by atoms with Crippen LogP contribution in [0.15, 0.2) is 12.1 Å². The van der Waals surface area contributed by atoms with Gasteiger partial charge in [-0.3, -0.25) is 9.69 Å². The van der Waals surface area contributed by atoms with Gasteiger partial charge in [-0.1, -0.05) is 17.7 Å². The van der Waals surface area contributed by atoms with E-state index in [0.717, 1.165) is 37.2 Å². The van der Waals surface area contributed by atoms with Crippen molar-refractivity contribution in [3.8, 4) is 5.75 Å². The summed E-state index contributed by atoms with van der Waals surface area (Å²) in [4.78, 5) is 15.7. The molecule has 1 heterocycles. The summed E-state index contributed by atoms with van der Waals surface area (Å²) in [7, 11) is 5.25. The lowest BCUT2D eigenvalue weighted by Gasteiger charge is -2.34. The Balaban J connectivity index is 1.88. The molecule has 25 heavy (non-hydrogen) atoms. The third kappa shape index (κ3) is 5.33. The topological polar surface area (TPSA) is 44.8 Å². The third-order valence-corrected chi connectivity index (χ3v) is 5.17. The zero-order valence-electron chi connectivity index (χ0n) is 15.9. The number of carbonyl (C=O) groups is 1. The quantitative estimate of drug-likeness (QED) is 0.839. The molecule has 1 aromatic carbocycles. The molecule has 1 saturated heterocycles. The van der Waals surface area contributed by atoms with Crippen molar-refractivity contribution in [1.82, 2.24) is 15.1 Å². The highest BCUT2D eigenvalue weighted by atomic mass is 35.5. The number of likely N-dealkylation sites (N-methyl/N-ethyl adjacent to an activating group) is 1. The molecule has 1 atom stereocenters. The molecule has 1 fully saturated rings. The van der Waals surface area contributed by atoms with Crippen LogP contribution < -0.4 is 10.1 Å². The lowest BCUT2D eigenvalue weighted by molar-refractivity contribution is -0.130. The van der Waals surface area contributed by atoms with E-state index in [9.17, 15) is 4.79 Å². The van der Waals surface area contributed by atoms with Crippen LogP contribution in [0.25, 0.3) is 0 Å². The van der Waals surface area contributed by atoms with E-state index in [1.807, 2.05) is 13.0 Å². The largest absolute Gasteiger partial charge is 0.495 e. The molecule has 1 N–H and O–H groups in total. The first-order chi connectivity index (χ1) is 11.8. The number of ether oxygens (including phenoxy) is 1. The minimum atomic E-state index is 0.170. The molecule has 6 heteroatoms. The number of aryl methyl sites for hydroxylation is 1. The standard InChI is InChI=1S/C19H30ClN3O2/c1-13-10-15(11-17(20)19(13)25-5)14(2)21-16-6-8-23(9-7-16)12-18(24)22(3)4/h10-11,14,16,21H,6-9,12H2,1-5H3. The normalized spacial score (nSPS) is 17.4. The molecule has 5 nitrogen and oxygen atoms in total. The molecule has 0 spiro atoms. The van der Waals surface area contributed by atoms with Crippen molar-refractivity contribution in [3.63, 3.8) is 0 Å². The predicted molar refractivity (Wildman–Crippen MR) is 102 cm³/mol. The van der Waals surface area contributed by atoms with E-state index >= 15 is 0 Å². The summed E-state index contributed by atoms with van der Waals surface area (Å²) in [6.07, 6.45) is 2.10. The fourth-order valence-corrected chi connectivity index (χ4v) is 3.66. The monoisotopic (exact) mass is 367 g/mol. The van der Waals surface area contributed by atoms with Crippen LogP contribution in [0.5, 0.6) is 5.75 Å². The SMILES string of the molecule is COc1c(C)cc(C(C)NC2CCN(CC(=O)N(C)C)CC2)cc1Cl. The molecule has 1 amide bonds. The van der Waals surface area contributed by atoms with Crippen LogP contribution in [0.3, 0.4) is 0 Å². The minimum Gasteiger partial charge on any atom is -0.495 e. The first-order valence-corrected chi connectivity index (χ1v) is 9.22. The molecular formula is C19H30ClN3O2. The summed E-state index contributed by atoms with van der Waals surface area (Å²) in [5, 5.41) is 4.36. The first-order valence-electron chi connectivity index (χ1n) is 8.84. The van der Waals surface area contributed by atoms with E-state index < -0.39 is 0 Å². The number of methoxy groups -OCH3 is 1. The van der Waals surface area contributed by atoms with Crippen molar-refractivity contribution in [2.75, 3.05) is 40.8 Å². The van der Waals surface area contributed by atoms with Crippen molar-refractivity contribution in [1.29, 1.82) is 0 Å². The number of hydrogen-bond acceptors (Lipinski definition) is 4. The number of nitrogens with one attached hydrogen (secondary N) is 1. The second-order valence-electron chi connectivity index (χ2n) is 7.08. The number of amides is 1. The Morgan fingerprint density at radius 3 is 2.56 bits per heavy atom. The van der Waals surface area contributed by atoms with E-state index in [1.54, 1.807) is 26.1 Å². The molecule has 0 saturated carbocycles. The van der Waals surface area contributed by atoms with Gasteiger partial charge in [0.1, 0.15) is 5.75 Å². The van der Waals surface area contributed by atoms with Gasteiger partial charge < -0.3 is 15.0 Å². The van der Waals surface area contributed by atoms with Gasteiger partial charge in [-0.25, -0.2) is 0 Å². The summed E-state index contributed by atoms with van der Waals surface area (Å²) in [6.45, 7) is 6.60. The van der Waals surface area contributed by atoms with Gasteiger partial charge in [-0.05, 0) is 43.9 Å². The number of carbonyl (C=O) groups excluding carboxylic acids is 1. The molecule has 1 aliphatic rings. The summed E-state index contributed by atoms with van der Waals surface area (Å²) < 4.78 is 5.33. The maximum atomic E-state index is 11.8. The van der Waals surface area contributed by atoms with Crippen molar-refractivity contribution < 1.29 is 9.53 Å². The highest BCUT2D eigenvalue weighted by Gasteiger charge is 2.23. The van der Waals surface area contributed by atoms with Crippen molar-refractivity contribution >= 4 is 17.5 Å². The summed E-state index contributed by atoms with van der Waals surface area (Å²) in [6, 6.07) is 4.80. The van der Waals surface area contributed by atoms with Crippen molar-refractivity contribution in [2.24, 2.45) is 0 Å². The van der Waals surface area contributed by atoms with Crippen LogP contribution in [0, 0.1) is 6.92 Å². The maximum absolute atomic E-state index is 11.8. The molecule has 1 aliphatic heterocycles. The lowest BCUT2D eigenvalue weighted by Crippen LogP contribution is -2.46. The predicted octanol–water partition coefficient (Wildman–Crippen LogP) is 2.86. The van der Waals surface area contributed by atoms with Gasteiger partial charge in [0.15, 0.2) is 0 Å². The zero-order chi connectivity index (χ0) is 18.6. The molecule has 0 bridgehead atoms. The first kappa shape index (κ1) is 20.0. The average Bonchev–Trinajstić information content (AvgIpc) is 2.56. The lowest BCUT2D eigenvalue weighted by atomic mass is 10.00. The molecule has 2 rings (SSSR count).